The topological polar surface area (TPSA) is 18.5 Å². The zero-order chi connectivity index (χ0) is 26.0. The Morgan fingerprint density at radius 2 is 0.919 bits per heavy atom. The van der Waals surface area contributed by atoms with Crippen LogP contribution in [-0.4, -0.2) is 13.2 Å². The lowest BCUT2D eigenvalue weighted by molar-refractivity contribution is 0.304. The number of unbranched alkanes of at least 4 members (excludes halogenated alkanes) is 4. The van der Waals surface area contributed by atoms with Gasteiger partial charge in [0.2, 0.25) is 0 Å². The molecule has 0 atom stereocenters. The van der Waals surface area contributed by atoms with E-state index in [0.717, 1.165) is 35.5 Å². The van der Waals surface area contributed by atoms with E-state index >= 15 is 8.78 Å². The highest BCUT2D eigenvalue weighted by Gasteiger charge is 2.16. The Morgan fingerprint density at radius 3 is 1.43 bits per heavy atom. The van der Waals surface area contributed by atoms with E-state index in [2.05, 4.69) is 6.92 Å². The second-order valence-electron chi connectivity index (χ2n) is 9.11. The summed E-state index contributed by atoms with van der Waals surface area (Å²) in [7, 11) is 0. The molecule has 0 aliphatic rings. The molecule has 37 heavy (non-hydrogen) atoms. The van der Waals surface area contributed by atoms with Crippen molar-refractivity contribution < 1.29 is 18.3 Å². The minimum atomic E-state index is -0.849. The zero-order valence-corrected chi connectivity index (χ0v) is 21.6. The molecule has 0 N–H and O–H groups in total. The van der Waals surface area contributed by atoms with Crippen LogP contribution in [0.1, 0.15) is 46.0 Å². The lowest BCUT2D eigenvalue weighted by atomic mass is 9.97. The largest absolute Gasteiger partial charge is 0.494 e. The average molecular weight is 501 g/mol. The van der Waals surface area contributed by atoms with E-state index in [9.17, 15) is 0 Å². The number of hydrogen-bond donors (Lipinski definition) is 0. The van der Waals surface area contributed by atoms with Gasteiger partial charge in [0, 0.05) is 11.1 Å². The van der Waals surface area contributed by atoms with Crippen LogP contribution in [0.4, 0.5) is 8.78 Å². The van der Waals surface area contributed by atoms with Gasteiger partial charge >= 0.3 is 0 Å². The van der Waals surface area contributed by atoms with Gasteiger partial charge in [0.25, 0.3) is 0 Å². The number of benzene rings is 4. The molecule has 4 heteroatoms. The number of halogens is 2. The van der Waals surface area contributed by atoms with E-state index in [4.69, 9.17) is 9.47 Å². The Kier molecular flexibility index (Phi) is 9.31. The van der Waals surface area contributed by atoms with E-state index < -0.39 is 11.6 Å². The minimum absolute atomic E-state index is 0.235. The van der Waals surface area contributed by atoms with Crippen molar-refractivity contribution in [3.05, 3.63) is 96.6 Å². The standard InChI is InChI=1S/C33H34F2O2/c1-3-5-6-7-8-23-37-29-19-15-27(16-20-29)31-22-21-30(32(34)33(31)35)26-11-9-24(10-12-26)25-13-17-28(18-14-25)36-4-2/h9-22H,3-8,23H2,1-2H3. The minimum Gasteiger partial charge on any atom is -0.494 e. The van der Waals surface area contributed by atoms with Crippen LogP contribution in [0.25, 0.3) is 33.4 Å². The maximum Gasteiger partial charge on any atom is 0.167 e. The summed E-state index contributed by atoms with van der Waals surface area (Å²) in [6.45, 7) is 5.43. The molecule has 0 radical (unpaired) electrons. The van der Waals surface area contributed by atoms with Crippen molar-refractivity contribution in [2.45, 2.75) is 46.0 Å². The maximum atomic E-state index is 15.1. The summed E-state index contributed by atoms with van der Waals surface area (Å²) in [6, 6.07) is 25.7. The van der Waals surface area contributed by atoms with Gasteiger partial charge in [-0.2, -0.15) is 0 Å². The Bertz CT molecular complexity index is 1260. The van der Waals surface area contributed by atoms with Crippen LogP contribution in [0, 0.1) is 11.6 Å². The van der Waals surface area contributed by atoms with E-state index in [-0.39, 0.29) is 11.1 Å². The Hall–Kier alpha value is -3.66. The molecule has 0 spiro atoms. The third kappa shape index (κ3) is 6.76. The van der Waals surface area contributed by atoms with Crippen molar-refractivity contribution in [2.75, 3.05) is 13.2 Å². The lowest BCUT2D eigenvalue weighted by Crippen LogP contribution is -1.97. The summed E-state index contributed by atoms with van der Waals surface area (Å²) >= 11 is 0. The molecule has 0 unspecified atom stereocenters. The van der Waals surface area contributed by atoms with Gasteiger partial charge in [-0.3, -0.25) is 0 Å². The average Bonchev–Trinajstić information content (AvgIpc) is 2.93. The van der Waals surface area contributed by atoms with Gasteiger partial charge in [-0.1, -0.05) is 93.3 Å². The molecular formula is C33H34F2O2. The molecule has 0 saturated heterocycles. The third-order valence-corrected chi connectivity index (χ3v) is 6.46. The predicted octanol–water partition coefficient (Wildman–Crippen LogP) is 9.71. The van der Waals surface area contributed by atoms with Crippen molar-refractivity contribution in [3.63, 3.8) is 0 Å². The molecule has 0 aromatic heterocycles. The Morgan fingerprint density at radius 1 is 0.486 bits per heavy atom. The normalized spacial score (nSPS) is 10.9. The molecule has 0 saturated carbocycles. The van der Waals surface area contributed by atoms with Crippen molar-refractivity contribution in [2.24, 2.45) is 0 Å². The lowest BCUT2D eigenvalue weighted by Gasteiger charge is -2.11. The van der Waals surface area contributed by atoms with E-state index in [1.165, 1.54) is 19.3 Å². The zero-order valence-electron chi connectivity index (χ0n) is 21.6. The Balaban J connectivity index is 1.44. The fourth-order valence-corrected chi connectivity index (χ4v) is 4.37. The molecule has 0 aliphatic carbocycles. The summed E-state index contributed by atoms with van der Waals surface area (Å²) in [5, 5.41) is 0. The molecule has 4 aromatic rings. The highest BCUT2D eigenvalue weighted by molar-refractivity contribution is 5.74. The van der Waals surface area contributed by atoms with Crippen molar-refractivity contribution in [1.82, 2.24) is 0 Å². The van der Waals surface area contributed by atoms with Gasteiger partial charge in [0.15, 0.2) is 11.6 Å². The summed E-state index contributed by atoms with van der Waals surface area (Å²) in [6.07, 6.45) is 5.88. The van der Waals surface area contributed by atoms with Crippen LogP contribution < -0.4 is 9.47 Å². The van der Waals surface area contributed by atoms with E-state index in [1.54, 1.807) is 24.3 Å². The first-order valence-corrected chi connectivity index (χ1v) is 13.2. The van der Waals surface area contributed by atoms with Crippen LogP contribution in [0.15, 0.2) is 84.9 Å². The molecule has 0 bridgehead atoms. The van der Waals surface area contributed by atoms with Gasteiger partial charge < -0.3 is 9.47 Å². The monoisotopic (exact) mass is 500 g/mol. The van der Waals surface area contributed by atoms with Gasteiger partial charge in [-0.05, 0) is 59.9 Å². The molecule has 2 nitrogen and oxygen atoms in total. The molecule has 192 valence electrons. The first-order valence-electron chi connectivity index (χ1n) is 13.2. The molecule has 0 heterocycles. The van der Waals surface area contributed by atoms with Crippen LogP contribution >= 0.6 is 0 Å². The molecule has 4 aromatic carbocycles. The second kappa shape index (κ2) is 13.0. The molecule has 0 aliphatic heterocycles. The van der Waals surface area contributed by atoms with Gasteiger partial charge in [0.1, 0.15) is 11.5 Å². The van der Waals surface area contributed by atoms with E-state index in [1.807, 2.05) is 67.6 Å². The summed E-state index contributed by atoms with van der Waals surface area (Å²) < 4.78 is 41.5. The molecular weight excluding hydrogens is 466 g/mol. The van der Waals surface area contributed by atoms with Crippen LogP contribution in [0.5, 0.6) is 11.5 Å². The van der Waals surface area contributed by atoms with E-state index in [0.29, 0.717) is 24.3 Å². The number of ether oxygens (including phenoxy) is 2. The Labute approximate surface area is 218 Å². The number of rotatable bonds is 12. The molecule has 0 fully saturated rings. The maximum absolute atomic E-state index is 15.1. The van der Waals surface area contributed by atoms with Gasteiger partial charge in [-0.15, -0.1) is 0 Å². The fraction of sp³-hybridized carbons (Fsp3) is 0.273. The highest BCUT2D eigenvalue weighted by Crippen LogP contribution is 2.33. The van der Waals surface area contributed by atoms with Crippen LogP contribution in [0.3, 0.4) is 0 Å². The smallest absolute Gasteiger partial charge is 0.167 e. The van der Waals surface area contributed by atoms with Crippen molar-refractivity contribution in [3.8, 4) is 44.9 Å². The first kappa shape index (κ1) is 26.4. The van der Waals surface area contributed by atoms with Gasteiger partial charge in [-0.25, -0.2) is 8.78 Å². The van der Waals surface area contributed by atoms with Crippen LogP contribution in [-0.2, 0) is 0 Å². The summed E-state index contributed by atoms with van der Waals surface area (Å²) in [5.74, 6) is -0.138. The number of hydrogen-bond acceptors (Lipinski definition) is 2. The predicted molar refractivity (Wildman–Crippen MR) is 148 cm³/mol. The van der Waals surface area contributed by atoms with Crippen molar-refractivity contribution >= 4 is 0 Å². The highest BCUT2D eigenvalue weighted by atomic mass is 19.2. The van der Waals surface area contributed by atoms with Gasteiger partial charge in [0.05, 0.1) is 13.2 Å². The third-order valence-electron chi connectivity index (χ3n) is 6.46. The van der Waals surface area contributed by atoms with Crippen LogP contribution in [0.2, 0.25) is 0 Å². The first-order chi connectivity index (χ1) is 18.1. The van der Waals surface area contributed by atoms with Crippen molar-refractivity contribution in [1.29, 1.82) is 0 Å². The molecule has 4 rings (SSSR count). The fourth-order valence-electron chi connectivity index (χ4n) is 4.37. The second-order valence-corrected chi connectivity index (χ2v) is 9.11. The summed E-state index contributed by atoms with van der Waals surface area (Å²) in [5.41, 5.74) is 3.73. The SMILES string of the molecule is CCCCCCCOc1ccc(-c2ccc(-c3ccc(-c4ccc(OCC)cc4)cc3)c(F)c2F)cc1. The molecule has 0 amide bonds. The quantitative estimate of drug-likeness (QED) is 0.180. The summed E-state index contributed by atoms with van der Waals surface area (Å²) in [4.78, 5) is 0.